The SMILES string of the molecule is CC(C)(C)CC(=O)NNC(=O)c1c[nH]c2ccccc12. The minimum absolute atomic E-state index is 0.115. The summed E-state index contributed by atoms with van der Waals surface area (Å²) in [4.78, 5) is 26.7. The first kappa shape index (κ1) is 14.1. The second kappa shape index (κ2) is 5.36. The number of carbonyl (C=O) groups excluding carboxylic acids is 2. The summed E-state index contributed by atoms with van der Waals surface area (Å²) in [6.07, 6.45) is 1.98. The Hall–Kier alpha value is -2.30. The van der Waals surface area contributed by atoms with Crippen LogP contribution in [0.1, 0.15) is 37.6 Å². The van der Waals surface area contributed by atoms with E-state index in [2.05, 4.69) is 15.8 Å². The van der Waals surface area contributed by atoms with Gasteiger partial charge in [-0.25, -0.2) is 0 Å². The maximum absolute atomic E-state index is 12.0. The Morgan fingerprint density at radius 1 is 1.15 bits per heavy atom. The molecule has 5 heteroatoms. The lowest BCUT2D eigenvalue weighted by Gasteiger charge is -2.17. The molecule has 0 saturated carbocycles. The number of amides is 2. The van der Waals surface area contributed by atoms with E-state index < -0.39 is 0 Å². The molecule has 1 aromatic heterocycles. The molecule has 3 N–H and O–H groups in total. The molecule has 0 unspecified atom stereocenters. The Kier molecular flexibility index (Phi) is 3.79. The maximum Gasteiger partial charge on any atom is 0.271 e. The minimum atomic E-state index is -0.329. The van der Waals surface area contributed by atoms with Crippen molar-refractivity contribution in [1.29, 1.82) is 0 Å². The van der Waals surface area contributed by atoms with Crippen LogP contribution >= 0.6 is 0 Å². The number of nitrogens with one attached hydrogen (secondary N) is 3. The van der Waals surface area contributed by atoms with Crippen LogP contribution in [0.15, 0.2) is 30.5 Å². The van der Waals surface area contributed by atoms with Crippen molar-refractivity contribution in [2.24, 2.45) is 5.41 Å². The van der Waals surface area contributed by atoms with Crippen molar-refractivity contribution in [2.45, 2.75) is 27.2 Å². The Labute approximate surface area is 117 Å². The molecule has 0 fully saturated rings. The zero-order valence-corrected chi connectivity index (χ0v) is 11.9. The molecule has 106 valence electrons. The summed E-state index contributed by atoms with van der Waals surface area (Å²) in [5.41, 5.74) is 6.16. The number of aromatic nitrogens is 1. The lowest BCUT2D eigenvalue weighted by atomic mass is 9.92. The third-order valence-electron chi connectivity index (χ3n) is 2.84. The van der Waals surface area contributed by atoms with Crippen LogP contribution in [0.5, 0.6) is 0 Å². The normalized spacial score (nSPS) is 11.3. The molecule has 20 heavy (non-hydrogen) atoms. The zero-order chi connectivity index (χ0) is 14.8. The molecule has 0 bridgehead atoms. The van der Waals surface area contributed by atoms with Crippen molar-refractivity contribution in [3.63, 3.8) is 0 Å². The van der Waals surface area contributed by atoms with Crippen molar-refractivity contribution in [2.75, 3.05) is 0 Å². The van der Waals surface area contributed by atoms with Gasteiger partial charge in [0.2, 0.25) is 5.91 Å². The lowest BCUT2D eigenvalue weighted by Crippen LogP contribution is -2.42. The van der Waals surface area contributed by atoms with Gasteiger partial charge in [-0.1, -0.05) is 39.0 Å². The van der Waals surface area contributed by atoms with Crippen LogP contribution in [0, 0.1) is 5.41 Å². The fourth-order valence-corrected chi connectivity index (χ4v) is 1.98. The largest absolute Gasteiger partial charge is 0.360 e. The summed E-state index contributed by atoms with van der Waals surface area (Å²) in [5.74, 6) is -0.532. The molecule has 1 heterocycles. The van der Waals surface area contributed by atoms with Crippen molar-refractivity contribution in [3.05, 3.63) is 36.0 Å². The van der Waals surface area contributed by atoms with Crippen molar-refractivity contribution in [3.8, 4) is 0 Å². The van der Waals surface area contributed by atoms with Crippen LogP contribution in [0.3, 0.4) is 0 Å². The van der Waals surface area contributed by atoms with Gasteiger partial charge in [0.15, 0.2) is 0 Å². The molecule has 2 amide bonds. The van der Waals surface area contributed by atoms with Crippen LogP contribution in [-0.2, 0) is 4.79 Å². The number of hydrogen-bond donors (Lipinski definition) is 3. The van der Waals surface area contributed by atoms with E-state index in [0.717, 1.165) is 10.9 Å². The molecule has 0 radical (unpaired) electrons. The van der Waals surface area contributed by atoms with Gasteiger partial charge in [0.05, 0.1) is 5.56 Å². The smallest absolute Gasteiger partial charge is 0.271 e. The van der Waals surface area contributed by atoms with Crippen LogP contribution in [-0.4, -0.2) is 16.8 Å². The van der Waals surface area contributed by atoms with Crippen molar-refractivity contribution < 1.29 is 9.59 Å². The highest BCUT2D eigenvalue weighted by atomic mass is 16.2. The third-order valence-corrected chi connectivity index (χ3v) is 2.84. The Balaban J connectivity index is 2.01. The van der Waals surface area contributed by atoms with Gasteiger partial charge in [-0.2, -0.15) is 0 Å². The number of H-pyrrole nitrogens is 1. The number of rotatable bonds is 2. The number of aromatic amines is 1. The predicted molar refractivity (Wildman–Crippen MR) is 78.0 cm³/mol. The number of hydrazine groups is 1. The number of carbonyl (C=O) groups is 2. The Morgan fingerprint density at radius 2 is 1.85 bits per heavy atom. The average Bonchev–Trinajstić information content (AvgIpc) is 2.78. The highest BCUT2D eigenvalue weighted by Gasteiger charge is 2.17. The summed E-state index contributed by atoms with van der Waals surface area (Å²) < 4.78 is 0. The summed E-state index contributed by atoms with van der Waals surface area (Å²) >= 11 is 0. The van der Waals surface area contributed by atoms with E-state index in [1.807, 2.05) is 45.0 Å². The maximum atomic E-state index is 12.0. The van der Waals surface area contributed by atoms with Gasteiger partial charge < -0.3 is 4.98 Å². The first-order chi connectivity index (χ1) is 9.37. The van der Waals surface area contributed by atoms with E-state index in [1.54, 1.807) is 6.20 Å². The van der Waals surface area contributed by atoms with Crippen LogP contribution in [0.2, 0.25) is 0 Å². The Bertz CT molecular complexity index is 638. The minimum Gasteiger partial charge on any atom is -0.360 e. The van der Waals surface area contributed by atoms with Gasteiger partial charge in [-0.15, -0.1) is 0 Å². The van der Waals surface area contributed by atoms with Gasteiger partial charge in [-0.05, 0) is 11.5 Å². The Morgan fingerprint density at radius 3 is 2.55 bits per heavy atom. The van der Waals surface area contributed by atoms with Gasteiger partial charge >= 0.3 is 0 Å². The fraction of sp³-hybridized carbons (Fsp3) is 0.333. The second-order valence-corrected chi connectivity index (χ2v) is 5.99. The highest BCUT2D eigenvalue weighted by Crippen LogP contribution is 2.18. The van der Waals surface area contributed by atoms with E-state index in [4.69, 9.17) is 0 Å². The van der Waals surface area contributed by atoms with Crippen LogP contribution in [0.25, 0.3) is 10.9 Å². The highest BCUT2D eigenvalue weighted by molar-refractivity contribution is 6.07. The number of hydrogen-bond acceptors (Lipinski definition) is 2. The topological polar surface area (TPSA) is 74.0 Å². The van der Waals surface area contributed by atoms with Gasteiger partial charge in [0, 0.05) is 23.5 Å². The summed E-state index contributed by atoms with van der Waals surface area (Å²) in [5, 5.41) is 0.829. The molecule has 2 rings (SSSR count). The van der Waals surface area contributed by atoms with E-state index in [9.17, 15) is 9.59 Å². The molecular formula is C15H19N3O2. The van der Waals surface area contributed by atoms with Crippen LogP contribution < -0.4 is 10.9 Å². The molecule has 0 aliphatic heterocycles. The molecule has 0 spiro atoms. The third kappa shape index (κ3) is 3.38. The van der Waals surface area contributed by atoms with E-state index in [1.165, 1.54) is 0 Å². The fourth-order valence-electron chi connectivity index (χ4n) is 1.98. The molecule has 2 aromatic rings. The first-order valence-electron chi connectivity index (χ1n) is 6.52. The standard InChI is InChI=1S/C15H19N3O2/c1-15(2,3)8-13(19)17-18-14(20)11-9-16-12-7-5-4-6-10(11)12/h4-7,9,16H,8H2,1-3H3,(H,17,19)(H,18,20). The molecule has 0 aliphatic carbocycles. The van der Waals surface area contributed by atoms with E-state index >= 15 is 0 Å². The van der Waals surface area contributed by atoms with Gasteiger partial charge in [0.25, 0.3) is 5.91 Å². The number of para-hydroxylation sites is 1. The second-order valence-electron chi connectivity index (χ2n) is 5.99. The lowest BCUT2D eigenvalue weighted by molar-refractivity contribution is -0.123. The monoisotopic (exact) mass is 273 g/mol. The van der Waals surface area contributed by atoms with Crippen molar-refractivity contribution >= 4 is 22.7 Å². The molecule has 5 nitrogen and oxygen atoms in total. The number of fused-ring (bicyclic) bond motifs is 1. The zero-order valence-electron chi connectivity index (χ0n) is 11.9. The average molecular weight is 273 g/mol. The summed E-state index contributed by atoms with van der Waals surface area (Å²) in [6, 6.07) is 7.51. The summed E-state index contributed by atoms with van der Waals surface area (Å²) in [6.45, 7) is 5.90. The van der Waals surface area contributed by atoms with E-state index in [0.29, 0.717) is 12.0 Å². The molecule has 0 atom stereocenters. The molecular weight excluding hydrogens is 254 g/mol. The summed E-state index contributed by atoms with van der Waals surface area (Å²) in [7, 11) is 0. The van der Waals surface area contributed by atoms with Crippen molar-refractivity contribution in [1.82, 2.24) is 15.8 Å². The molecule has 0 saturated heterocycles. The van der Waals surface area contributed by atoms with Crippen LogP contribution in [0.4, 0.5) is 0 Å². The molecule has 1 aromatic carbocycles. The molecule has 0 aliphatic rings. The number of benzene rings is 1. The quantitative estimate of drug-likeness (QED) is 0.735. The predicted octanol–water partition coefficient (Wildman–Crippen LogP) is 2.37. The van der Waals surface area contributed by atoms with E-state index in [-0.39, 0.29) is 17.2 Å². The van der Waals surface area contributed by atoms with Gasteiger partial charge in [-0.3, -0.25) is 20.4 Å². The van der Waals surface area contributed by atoms with Gasteiger partial charge in [0.1, 0.15) is 0 Å². The first-order valence-corrected chi connectivity index (χ1v) is 6.52.